The molecule has 2 aromatic rings. The summed E-state index contributed by atoms with van der Waals surface area (Å²) < 4.78 is 0. The van der Waals surface area contributed by atoms with Crippen LogP contribution in [0.5, 0.6) is 0 Å². The van der Waals surface area contributed by atoms with E-state index in [1.54, 1.807) is 0 Å². The second kappa shape index (κ2) is 5.49. The van der Waals surface area contributed by atoms with Gasteiger partial charge in [-0.1, -0.05) is 36.9 Å². The number of thioether (sulfide) groups is 1. The van der Waals surface area contributed by atoms with Gasteiger partial charge in [0.05, 0.1) is 0 Å². The van der Waals surface area contributed by atoms with Crippen LogP contribution in [0.2, 0.25) is 0 Å². The largest absolute Gasteiger partial charge is 0.368 e. The van der Waals surface area contributed by atoms with Gasteiger partial charge in [-0.3, -0.25) is 0 Å². The molecule has 6 heteroatoms. The third-order valence-electron chi connectivity index (χ3n) is 1.94. The minimum atomic E-state index is 0.231. The van der Waals surface area contributed by atoms with Crippen LogP contribution in [0.1, 0.15) is 6.92 Å². The van der Waals surface area contributed by atoms with Crippen LogP contribution >= 0.6 is 11.8 Å². The van der Waals surface area contributed by atoms with Crippen LogP contribution in [0.4, 0.5) is 17.6 Å². The Bertz CT molecular complexity index is 488. The van der Waals surface area contributed by atoms with Gasteiger partial charge in [0.1, 0.15) is 0 Å². The van der Waals surface area contributed by atoms with Gasteiger partial charge in [0.25, 0.3) is 0 Å². The van der Waals surface area contributed by atoms with Crippen LogP contribution in [0.3, 0.4) is 0 Å². The summed E-state index contributed by atoms with van der Waals surface area (Å²) in [6, 6.07) is 9.70. The number of benzene rings is 1. The van der Waals surface area contributed by atoms with Gasteiger partial charge in [0.15, 0.2) is 5.16 Å². The molecule has 17 heavy (non-hydrogen) atoms. The van der Waals surface area contributed by atoms with E-state index in [0.29, 0.717) is 11.1 Å². The molecule has 0 atom stereocenters. The van der Waals surface area contributed by atoms with Crippen LogP contribution in [0.15, 0.2) is 35.5 Å². The van der Waals surface area contributed by atoms with Crippen molar-refractivity contribution in [1.29, 1.82) is 0 Å². The fourth-order valence-corrected chi connectivity index (χ4v) is 1.84. The molecule has 0 radical (unpaired) electrons. The number of hydrogen-bond donors (Lipinski definition) is 2. The van der Waals surface area contributed by atoms with Gasteiger partial charge in [0.2, 0.25) is 11.9 Å². The summed E-state index contributed by atoms with van der Waals surface area (Å²) >= 11 is 1.53. The maximum absolute atomic E-state index is 5.63. The van der Waals surface area contributed by atoms with Crippen molar-refractivity contribution < 1.29 is 0 Å². The lowest BCUT2D eigenvalue weighted by atomic mass is 10.3. The van der Waals surface area contributed by atoms with Gasteiger partial charge in [-0.2, -0.15) is 15.0 Å². The minimum absolute atomic E-state index is 0.231. The molecule has 1 aromatic carbocycles. The maximum atomic E-state index is 5.63. The predicted molar refractivity (Wildman–Crippen MR) is 70.4 cm³/mol. The molecule has 0 bridgehead atoms. The first kappa shape index (κ1) is 11.7. The molecule has 5 nitrogen and oxygen atoms in total. The summed E-state index contributed by atoms with van der Waals surface area (Å²) in [6.07, 6.45) is 0. The standard InChI is InChI=1S/C11H13N5S/c1-2-17-11-15-9(12)14-10(16-11)13-8-6-4-3-5-7-8/h3-7H,2H2,1H3,(H3,12,13,14,15,16). The van der Waals surface area contributed by atoms with Crippen molar-refractivity contribution in [2.45, 2.75) is 12.1 Å². The first-order chi connectivity index (χ1) is 8.28. The van der Waals surface area contributed by atoms with E-state index in [4.69, 9.17) is 5.73 Å². The molecule has 0 aliphatic rings. The van der Waals surface area contributed by atoms with E-state index >= 15 is 0 Å². The summed E-state index contributed by atoms with van der Waals surface area (Å²) in [5, 5.41) is 3.73. The Balaban J connectivity index is 2.21. The number of nitrogens with one attached hydrogen (secondary N) is 1. The molecule has 0 saturated heterocycles. The highest BCUT2D eigenvalue weighted by Gasteiger charge is 2.04. The van der Waals surface area contributed by atoms with Gasteiger partial charge in [0, 0.05) is 5.69 Å². The SMILES string of the molecule is CCSc1nc(N)nc(Nc2ccccc2)n1. The summed E-state index contributed by atoms with van der Waals surface area (Å²) in [7, 11) is 0. The zero-order valence-corrected chi connectivity index (χ0v) is 10.2. The van der Waals surface area contributed by atoms with Crippen LogP contribution in [-0.4, -0.2) is 20.7 Å². The number of nitrogen functional groups attached to an aromatic ring is 1. The van der Waals surface area contributed by atoms with Crippen LogP contribution < -0.4 is 11.1 Å². The highest BCUT2D eigenvalue weighted by molar-refractivity contribution is 7.99. The van der Waals surface area contributed by atoms with E-state index in [1.807, 2.05) is 37.3 Å². The van der Waals surface area contributed by atoms with E-state index in [9.17, 15) is 0 Å². The smallest absolute Gasteiger partial charge is 0.233 e. The van der Waals surface area contributed by atoms with E-state index < -0.39 is 0 Å². The van der Waals surface area contributed by atoms with Crippen molar-refractivity contribution >= 4 is 29.3 Å². The molecule has 0 aliphatic heterocycles. The molecule has 0 unspecified atom stereocenters. The maximum Gasteiger partial charge on any atom is 0.233 e. The number of hydrogen-bond acceptors (Lipinski definition) is 6. The molecule has 88 valence electrons. The van der Waals surface area contributed by atoms with E-state index in [2.05, 4.69) is 20.3 Å². The molecule has 0 fully saturated rings. The third kappa shape index (κ3) is 3.32. The minimum Gasteiger partial charge on any atom is -0.368 e. The average molecular weight is 247 g/mol. The predicted octanol–water partition coefficient (Wildman–Crippen LogP) is 2.31. The molecular weight excluding hydrogens is 234 g/mol. The molecule has 3 N–H and O–H groups in total. The van der Waals surface area contributed by atoms with Gasteiger partial charge >= 0.3 is 0 Å². The van der Waals surface area contributed by atoms with Crippen LogP contribution in [0, 0.1) is 0 Å². The second-order valence-electron chi connectivity index (χ2n) is 3.22. The van der Waals surface area contributed by atoms with Gasteiger partial charge in [-0.05, 0) is 17.9 Å². The third-order valence-corrected chi connectivity index (χ3v) is 2.67. The number of rotatable bonds is 4. The quantitative estimate of drug-likeness (QED) is 0.807. The van der Waals surface area contributed by atoms with Crippen molar-refractivity contribution in [3.63, 3.8) is 0 Å². The highest BCUT2D eigenvalue weighted by Crippen LogP contribution is 2.17. The van der Waals surface area contributed by atoms with Crippen LogP contribution in [-0.2, 0) is 0 Å². The Morgan fingerprint density at radius 1 is 1.18 bits per heavy atom. The zero-order valence-electron chi connectivity index (χ0n) is 9.42. The Morgan fingerprint density at radius 2 is 1.94 bits per heavy atom. The topological polar surface area (TPSA) is 76.7 Å². The molecule has 0 aliphatic carbocycles. The van der Waals surface area contributed by atoms with Gasteiger partial charge in [-0.25, -0.2) is 0 Å². The van der Waals surface area contributed by atoms with E-state index in [-0.39, 0.29) is 5.95 Å². The van der Waals surface area contributed by atoms with Gasteiger partial charge < -0.3 is 11.1 Å². The van der Waals surface area contributed by atoms with Crippen molar-refractivity contribution in [2.24, 2.45) is 0 Å². The lowest BCUT2D eigenvalue weighted by Crippen LogP contribution is -2.04. The van der Waals surface area contributed by atoms with Crippen molar-refractivity contribution in [1.82, 2.24) is 15.0 Å². The normalized spacial score (nSPS) is 10.2. The summed E-state index contributed by atoms with van der Waals surface area (Å²) in [5.41, 5.74) is 6.55. The molecule has 0 amide bonds. The molecule has 0 spiro atoms. The molecular formula is C11H13N5S. The Hall–Kier alpha value is -1.82. The number of para-hydroxylation sites is 1. The fraction of sp³-hybridized carbons (Fsp3) is 0.182. The first-order valence-corrected chi connectivity index (χ1v) is 6.23. The van der Waals surface area contributed by atoms with Crippen molar-refractivity contribution in [3.8, 4) is 0 Å². The molecule has 2 rings (SSSR count). The van der Waals surface area contributed by atoms with E-state index in [1.165, 1.54) is 11.8 Å². The highest BCUT2D eigenvalue weighted by atomic mass is 32.2. The second-order valence-corrected chi connectivity index (χ2v) is 4.46. The van der Waals surface area contributed by atoms with E-state index in [0.717, 1.165) is 11.4 Å². The van der Waals surface area contributed by atoms with Crippen molar-refractivity contribution in [2.75, 3.05) is 16.8 Å². The first-order valence-electron chi connectivity index (χ1n) is 5.24. The lowest BCUT2D eigenvalue weighted by Gasteiger charge is -2.06. The molecule has 1 aromatic heterocycles. The number of aromatic nitrogens is 3. The zero-order chi connectivity index (χ0) is 12.1. The number of nitrogens with two attached hydrogens (primary N) is 1. The monoisotopic (exact) mass is 247 g/mol. The van der Waals surface area contributed by atoms with Crippen molar-refractivity contribution in [3.05, 3.63) is 30.3 Å². The average Bonchev–Trinajstić information content (AvgIpc) is 2.30. The number of anilines is 3. The summed E-state index contributed by atoms with van der Waals surface area (Å²) in [5.74, 6) is 1.60. The van der Waals surface area contributed by atoms with Gasteiger partial charge in [-0.15, -0.1) is 0 Å². The van der Waals surface area contributed by atoms with Crippen LogP contribution in [0.25, 0.3) is 0 Å². The Kier molecular flexibility index (Phi) is 3.77. The number of nitrogens with zero attached hydrogens (tertiary/aromatic N) is 3. The molecule has 0 saturated carbocycles. The molecule has 1 heterocycles. The Labute approximate surface area is 104 Å². The summed E-state index contributed by atoms with van der Waals surface area (Å²) in [6.45, 7) is 2.04. The summed E-state index contributed by atoms with van der Waals surface area (Å²) in [4.78, 5) is 12.4. The lowest BCUT2D eigenvalue weighted by molar-refractivity contribution is 0.925. The Morgan fingerprint density at radius 3 is 2.65 bits per heavy atom. The fourth-order valence-electron chi connectivity index (χ4n) is 1.27.